The first-order valence-electron chi connectivity index (χ1n) is 7.35. The Morgan fingerprint density at radius 2 is 2.05 bits per heavy atom. The van der Waals surface area contributed by atoms with Crippen molar-refractivity contribution >= 4 is 17.0 Å². The van der Waals surface area contributed by atoms with E-state index in [1.165, 1.54) is 0 Å². The van der Waals surface area contributed by atoms with Crippen LogP contribution in [-0.2, 0) is 0 Å². The van der Waals surface area contributed by atoms with E-state index in [9.17, 15) is 0 Å². The Balaban J connectivity index is 2.02. The van der Waals surface area contributed by atoms with E-state index in [0.717, 1.165) is 35.8 Å². The zero-order chi connectivity index (χ0) is 15.5. The molecular weight excluding hydrogens is 264 g/mol. The predicted octanol–water partition coefficient (Wildman–Crippen LogP) is 2.96. The van der Waals surface area contributed by atoms with Crippen LogP contribution in [0.5, 0.6) is 5.75 Å². The third-order valence-electron chi connectivity index (χ3n) is 3.05. The second-order valence-electron chi connectivity index (χ2n) is 6.83. The summed E-state index contributed by atoms with van der Waals surface area (Å²) >= 11 is 0. The number of rotatable bonds is 6. The minimum atomic E-state index is 0.222. The lowest BCUT2D eigenvalue weighted by atomic mass is 9.97. The van der Waals surface area contributed by atoms with Crippen LogP contribution in [0.4, 0.5) is 5.95 Å². The van der Waals surface area contributed by atoms with Crippen LogP contribution >= 0.6 is 0 Å². The summed E-state index contributed by atoms with van der Waals surface area (Å²) < 4.78 is 5.74. The number of hydrogen-bond acceptors (Lipinski definition) is 4. The molecule has 0 aliphatic rings. The summed E-state index contributed by atoms with van der Waals surface area (Å²) in [6.45, 7) is 9.04. The highest BCUT2D eigenvalue weighted by atomic mass is 16.5. The van der Waals surface area contributed by atoms with E-state index in [1.54, 1.807) is 0 Å². The minimum Gasteiger partial charge on any atom is -0.492 e. The minimum absolute atomic E-state index is 0.222. The quantitative estimate of drug-likeness (QED) is 0.859. The Labute approximate surface area is 126 Å². The van der Waals surface area contributed by atoms with Gasteiger partial charge in [0.1, 0.15) is 12.4 Å². The number of fused-ring (bicyclic) bond motifs is 1. The molecule has 2 rings (SSSR count). The van der Waals surface area contributed by atoms with E-state index in [-0.39, 0.29) is 5.41 Å². The van der Waals surface area contributed by atoms with Crippen LogP contribution in [0.3, 0.4) is 0 Å². The number of aromatic amines is 1. The molecule has 2 aromatic rings. The van der Waals surface area contributed by atoms with Gasteiger partial charge in [-0.15, -0.1) is 0 Å². The number of benzene rings is 1. The number of aromatic nitrogens is 2. The van der Waals surface area contributed by atoms with E-state index < -0.39 is 0 Å². The van der Waals surface area contributed by atoms with Gasteiger partial charge in [-0.3, -0.25) is 0 Å². The summed E-state index contributed by atoms with van der Waals surface area (Å²) in [6.07, 6.45) is 0. The van der Waals surface area contributed by atoms with Crippen LogP contribution in [0.1, 0.15) is 20.8 Å². The number of nitrogens with zero attached hydrogens (tertiary/aromatic N) is 2. The smallest absolute Gasteiger partial charge is 0.201 e. The number of ether oxygens (including phenoxy) is 1. The summed E-state index contributed by atoms with van der Waals surface area (Å²) in [5.41, 5.74) is 2.17. The molecule has 5 heteroatoms. The van der Waals surface area contributed by atoms with E-state index in [1.807, 2.05) is 32.3 Å². The molecule has 1 aromatic heterocycles. The second-order valence-corrected chi connectivity index (χ2v) is 6.83. The third kappa shape index (κ3) is 4.93. The monoisotopic (exact) mass is 290 g/mol. The Morgan fingerprint density at radius 3 is 2.71 bits per heavy atom. The number of anilines is 1. The topological polar surface area (TPSA) is 53.2 Å². The molecule has 0 amide bonds. The fraction of sp³-hybridized carbons (Fsp3) is 0.562. The first-order chi connectivity index (χ1) is 9.83. The Morgan fingerprint density at radius 1 is 1.29 bits per heavy atom. The van der Waals surface area contributed by atoms with Gasteiger partial charge in [0.25, 0.3) is 0 Å². The van der Waals surface area contributed by atoms with Crippen LogP contribution in [0, 0.1) is 5.41 Å². The van der Waals surface area contributed by atoms with Crippen molar-refractivity contribution in [3.63, 3.8) is 0 Å². The number of imidazole rings is 1. The van der Waals surface area contributed by atoms with Gasteiger partial charge in [0.2, 0.25) is 5.95 Å². The fourth-order valence-electron chi connectivity index (χ4n) is 1.86. The van der Waals surface area contributed by atoms with Gasteiger partial charge < -0.3 is 19.9 Å². The van der Waals surface area contributed by atoms with Crippen LogP contribution in [0.2, 0.25) is 0 Å². The molecule has 0 radical (unpaired) electrons. The molecule has 1 aromatic carbocycles. The van der Waals surface area contributed by atoms with Crippen molar-refractivity contribution in [3.05, 3.63) is 18.2 Å². The Bertz CT molecular complexity index is 583. The van der Waals surface area contributed by atoms with Crippen molar-refractivity contribution in [2.24, 2.45) is 5.41 Å². The molecule has 5 nitrogen and oxygen atoms in total. The number of likely N-dealkylation sites (N-methyl/N-ethyl adjacent to an activating group) is 1. The molecule has 0 unspecified atom stereocenters. The first kappa shape index (κ1) is 15.6. The van der Waals surface area contributed by atoms with Crippen molar-refractivity contribution < 1.29 is 4.74 Å². The average Bonchev–Trinajstić information content (AvgIpc) is 2.77. The van der Waals surface area contributed by atoms with Gasteiger partial charge in [-0.2, -0.15) is 0 Å². The SMILES string of the molecule is CN(C)CCOc1ccc2nc(NCC(C)(C)C)[nH]c2c1. The van der Waals surface area contributed by atoms with Crippen LogP contribution < -0.4 is 10.1 Å². The lowest BCUT2D eigenvalue weighted by molar-refractivity contribution is 0.261. The zero-order valence-electron chi connectivity index (χ0n) is 13.7. The van der Waals surface area contributed by atoms with Gasteiger partial charge in [0.05, 0.1) is 11.0 Å². The second kappa shape index (κ2) is 6.35. The maximum atomic E-state index is 5.74. The van der Waals surface area contributed by atoms with Crippen LogP contribution in [-0.4, -0.2) is 48.7 Å². The Kier molecular flexibility index (Phi) is 4.73. The molecule has 0 spiro atoms. The lowest BCUT2D eigenvalue weighted by Gasteiger charge is -2.17. The summed E-state index contributed by atoms with van der Waals surface area (Å²) in [5, 5.41) is 3.34. The lowest BCUT2D eigenvalue weighted by Crippen LogP contribution is -2.19. The van der Waals surface area contributed by atoms with E-state index in [2.05, 4.69) is 41.0 Å². The molecule has 0 saturated heterocycles. The average molecular weight is 290 g/mol. The van der Waals surface area contributed by atoms with E-state index in [4.69, 9.17) is 4.74 Å². The largest absolute Gasteiger partial charge is 0.492 e. The first-order valence-corrected chi connectivity index (χ1v) is 7.35. The van der Waals surface area contributed by atoms with Crippen molar-refractivity contribution in [1.29, 1.82) is 0 Å². The maximum Gasteiger partial charge on any atom is 0.201 e. The van der Waals surface area contributed by atoms with Gasteiger partial charge in [-0.25, -0.2) is 4.98 Å². The molecule has 116 valence electrons. The Hall–Kier alpha value is -1.75. The normalized spacial score (nSPS) is 12.1. The van der Waals surface area contributed by atoms with Crippen molar-refractivity contribution in [2.45, 2.75) is 20.8 Å². The standard InChI is InChI=1S/C16H26N4O/c1-16(2,3)11-17-15-18-13-7-6-12(10-14(13)19-15)21-9-8-20(4)5/h6-7,10H,8-9,11H2,1-5H3,(H2,17,18,19). The molecule has 0 aliphatic carbocycles. The van der Waals surface area contributed by atoms with Gasteiger partial charge in [-0.05, 0) is 31.6 Å². The molecular formula is C16H26N4O. The highest BCUT2D eigenvalue weighted by Crippen LogP contribution is 2.21. The third-order valence-corrected chi connectivity index (χ3v) is 3.05. The molecule has 2 N–H and O–H groups in total. The number of hydrogen-bond donors (Lipinski definition) is 2. The van der Waals surface area contributed by atoms with Crippen molar-refractivity contribution in [2.75, 3.05) is 39.1 Å². The van der Waals surface area contributed by atoms with Crippen molar-refractivity contribution in [3.8, 4) is 5.75 Å². The van der Waals surface area contributed by atoms with Gasteiger partial charge in [0, 0.05) is 19.2 Å². The molecule has 21 heavy (non-hydrogen) atoms. The highest BCUT2D eigenvalue weighted by molar-refractivity contribution is 5.79. The number of H-pyrrole nitrogens is 1. The maximum absolute atomic E-state index is 5.74. The highest BCUT2D eigenvalue weighted by Gasteiger charge is 2.11. The molecule has 0 fully saturated rings. The molecule has 0 aliphatic heterocycles. The van der Waals surface area contributed by atoms with Gasteiger partial charge >= 0.3 is 0 Å². The van der Waals surface area contributed by atoms with Crippen LogP contribution in [0.15, 0.2) is 18.2 Å². The summed E-state index contributed by atoms with van der Waals surface area (Å²) in [4.78, 5) is 9.93. The van der Waals surface area contributed by atoms with Gasteiger partial charge in [0.15, 0.2) is 0 Å². The zero-order valence-corrected chi connectivity index (χ0v) is 13.7. The molecule has 0 saturated carbocycles. The van der Waals surface area contributed by atoms with Gasteiger partial charge in [-0.1, -0.05) is 20.8 Å². The summed E-state index contributed by atoms with van der Waals surface area (Å²) in [6, 6.07) is 5.95. The van der Waals surface area contributed by atoms with E-state index >= 15 is 0 Å². The van der Waals surface area contributed by atoms with Crippen LogP contribution in [0.25, 0.3) is 11.0 Å². The predicted molar refractivity (Wildman–Crippen MR) is 88.1 cm³/mol. The van der Waals surface area contributed by atoms with Crippen molar-refractivity contribution in [1.82, 2.24) is 14.9 Å². The summed E-state index contributed by atoms with van der Waals surface area (Å²) in [5.74, 6) is 1.68. The molecule has 0 atom stereocenters. The fourth-order valence-corrected chi connectivity index (χ4v) is 1.86. The molecule has 0 bridgehead atoms. The number of nitrogens with one attached hydrogen (secondary N) is 2. The summed E-state index contributed by atoms with van der Waals surface area (Å²) in [7, 11) is 4.07. The molecule has 1 heterocycles. The van der Waals surface area contributed by atoms with E-state index in [0.29, 0.717) is 6.61 Å².